The van der Waals surface area contributed by atoms with Crippen LogP contribution in [0.15, 0.2) is 85.1 Å². The molecule has 6 rings (SSSR count). The van der Waals surface area contributed by atoms with Crippen molar-refractivity contribution >= 4 is 38.4 Å². The standard InChI is InChI=1S/C25H28O2.C10H9NO/c1-5-16-10-13-22(24(26)27-25(2,3)4)21-15-14-19-18-9-7-6-8-17(18)11-12-20(19)23(16)21;1-12-9-5-4-8-3-2-6-11-10(8)7-9/h6-9,11-12,14-16,22H,5,10,13H2,1-4H3;2-7H,1H3. The molecule has 0 fully saturated rings. The van der Waals surface area contributed by atoms with Gasteiger partial charge in [-0.25, -0.2) is 0 Å². The number of pyridine rings is 1. The van der Waals surface area contributed by atoms with Gasteiger partial charge in [0, 0.05) is 17.6 Å². The van der Waals surface area contributed by atoms with Gasteiger partial charge in [0.15, 0.2) is 0 Å². The molecule has 0 N–H and O–H groups in total. The first kappa shape index (κ1) is 26.7. The third kappa shape index (κ3) is 5.61. The molecule has 200 valence electrons. The number of carbonyl (C=O) groups excluding carboxylic acids is 1. The smallest absolute Gasteiger partial charge is 0.313 e. The normalized spacial score (nSPS) is 16.8. The van der Waals surface area contributed by atoms with E-state index in [1.54, 1.807) is 13.3 Å². The zero-order chi connectivity index (χ0) is 27.6. The molecule has 5 aromatic rings. The Kier molecular flexibility index (Phi) is 7.56. The number of hydrogen-bond acceptors (Lipinski definition) is 4. The Balaban J connectivity index is 0.000000214. The Morgan fingerprint density at radius 1 is 0.872 bits per heavy atom. The predicted octanol–water partition coefficient (Wildman–Crippen LogP) is 8.95. The summed E-state index contributed by atoms with van der Waals surface area (Å²) in [6.07, 6.45) is 4.79. The summed E-state index contributed by atoms with van der Waals surface area (Å²) in [4.78, 5) is 17.1. The molecule has 1 heterocycles. The van der Waals surface area contributed by atoms with Crippen LogP contribution in [0.2, 0.25) is 0 Å². The molecule has 39 heavy (non-hydrogen) atoms. The molecular weight excluding hydrogens is 482 g/mol. The summed E-state index contributed by atoms with van der Waals surface area (Å²) in [7, 11) is 1.66. The molecule has 2 atom stereocenters. The van der Waals surface area contributed by atoms with Gasteiger partial charge in [-0.15, -0.1) is 0 Å². The quantitative estimate of drug-likeness (QED) is 0.176. The second kappa shape index (κ2) is 11.1. The summed E-state index contributed by atoms with van der Waals surface area (Å²) in [5.41, 5.74) is 3.05. The minimum absolute atomic E-state index is 0.0848. The van der Waals surface area contributed by atoms with Crippen molar-refractivity contribution in [1.29, 1.82) is 0 Å². The molecule has 0 spiro atoms. The Hall–Kier alpha value is -3.92. The molecule has 4 aromatic carbocycles. The first-order chi connectivity index (χ1) is 18.8. The fourth-order valence-corrected chi connectivity index (χ4v) is 5.75. The number of aromatic nitrogens is 1. The molecule has 0 saturated heterocycles. The summed E-state index contributed by atoms with van der Waals surface area (Å²) in [5, 5.41) is 6.27. The molecule has 1 aliphatic rings. The van der Waals surface area contributed by atoms with Gasteiger partial charge in [-0.2, -0.15) is 0 Å². The predicted molar refractivity (Wildman–Crippen MR) is 161 cm³/mol. The van der Waals surface area contributed by atoms with Crippen molar-refractivity contribution in [3.05, 3.63) is 96.2 Å². The monoisotopic (exact) mass is 519 g/mol. The summed E-state index contributed by atoms with van der Waals surface area (Å²) < 4.78 is 10.8. The number of esters is 1. The largest absolute Gasteiger partial charge is 0.497 e. The van der Waals surface area contributed by atoms with Gasteiger partial charge in [0.05, 0.1) is 18.5 Å². The minimum Gasteiger partial charge on any atom is -0.497 e. The molecule has 2 unspecified atom stereocenters. The highest BCUT2D eigenvalue weighted by atomic mass is 16.6. The van der Waals surface area contributed by atoms with Gasteiger partial charge in [0.2, 0.25) is 0 Å². The second-order valence-electron chi connectivity index (χ2n) is 11.3. The van der Waals surface area contributed by atoms with Crippen LogP contribution in [0.25, 0.3) is 32.4 Å². The van der Waals surface area contributed by atoms with Crippen LogP contribution in [0.5, 0.6) is 5.75 Å². The third-order valence-corrected chi connectivity index (χ3v) is 7.59. The van der Waals surface area contributed by atoms with E-state index in [-0.39, 0.29) is 11.9 Å². The molecule has 0 bridgehead atoms. The van der Waals surface area contributed by atoms with E-state index in [4.69, 9.17) is 9.47 Å². The average Bonchev–Trinajstić information content (AvgIpc) is 2.95. The zero-order valence-electron chi connectivity index (χ0n) is 23.5. The lowest BCUT2D eigenvalue weighted by Crippen LogP contribution is -2.30. The summed E-state index contributed by atoms with van der Waals surface area (Å²) in [6, 6.07) is 27.2. The lowest BCUT2D eigenvalue weighted by atomic mass is 9.73. The number of carbonyl (C=O) groups is 1. The van der Waals surface area contributed by atoms with E-state index < -0.39 is 5.60 Å². The zero-order valence-corrected chi connectivity index (χ0v) is 23.5. The van der Waals surface area contributed by atoms with Crippen molar-refractivity contribution in [2.75, 3.05) is 7.11 Å². The maximum absolute atomic E-state index is 12.9. The first-order valence-electron chi connectivity index (χ1n) is 13.8. The fraction of sp³-hybridized carbons (Fsp3) is 0.314. The Bertz CT molecular complexity index is 1630. The van der Waals surface area contributed by atoms with Crippen molar-refractivity contribution < 1.29 is 14.3 Å². The van der Waals surface area contributed by atoms with Crippen LogP contribution >= 0.6 is 0 Å². The number of benzene rings is 4. The van der Waals surface area contributed by atoms with Gasteiger partial charge in [-0.1, -0.05) is 61.5 Å². The molecule has 0 aliphatic heterocycles. The maximum Gasteiger partial charge on any atom is 0.313 e. The van der Waals surface area contributed by atoms with E-state index >= 15 is 0 Å². The van der Waals surface area contributed by atoms with Crippen LogP contribution in [0.3, 0.4) is 0 Å². The Morgan fingerprint density at radius 2 is 1.62 bits per heavy atom. The van der Waals surface area contributed by atoms with E-state index in [1.807, 2.05) is 51.1 Å². The fourth-order valence-electron chi connectivity index (χ4n) is 5.75. The SMILES string of the molecule is CCC1CCC(C(=O)OC(C)(C)C)c2ccc3c(ccc4ccccc43)c21.COc1ccc2cccnc2c1. The van der Waals surface area contributed by atoms with Crippen LogP contribution in [0.4, 0.5) is 0 Å². The molecular formula is C35H37NO3. The van der Waals surface area contributed by atoms with E-state index in [0.29, 0.717) is 5.92 Å². The lowest BCUT2D eigenvalue weighted by molar-refractivity contribution is -0.157. The van der Waals surface area contributed by atoms with Crippen LogP contribution in [0.1, 0.15) is 69.9 Å². The molecule has 0 amide bonds. The second-order valence-corrected chi connectivity index (χ2v) is 11.3. The van der Waals surface area contributed by atoms with E-state index in [2.05, 4.69) is 60.4 Å². The van der Waals surface area contributed by atoms with E-state index in [0.717, 1.165) is 35.9 Å². The molecule has 4 heteroatoms. The van der Waals surface area contributed by atoms with Crippen molar-refractivity contribution in [3.63, 3.8) is 0 Å². The summed E-state index contributed by atoms with van der Waals surface area (Å²) in [5.74, 6) is 1.11. The molecule has 0 radical (unpaired) electrons. The average molecular weight is 520 g/mol. The molecule has 0 saturated carbocycles. The van der Waals surface area contributed by atoms with Crippen molar-refractivity contribution in [3.8, 4) is 5.75 Å². The van der Waals surface area contributed by atoms with Crippen LogP contribution in [-0.2, 0) is 9.53 Å². The molecule has 1 aromatic heterocycles. The van der Waals surface area contributed by atoms with Gasteiger partial charge in [-0.3, -0.25) is 9.78 Å². The first-order valence-corrected chi connectivity index (χ1v) is 13.8. The Labute approximate surface area is 231 Å². The minimum atomic E-state index is -0.452. The summed E-state index contributed by atoms with van der Waals surface area (Å²) >= 11 is 0. The molecule has 1 aliphatic carbocycles. The highest BCUT2D eigenvalue weighted by Gasteiger charge is 2.34. The summed E-state index contributed by atoms with van der Waals surface area (Å²) in [6.45, 7) is 8.07. The van der Waals surface area contributed by atoms with Gasteiger partial charge in [0.1, 0.15) is 11.4 Å². The van der Waals surface area contributed by atoms with Crippen LogP contribution in [0, 0.1) is 0 Å². The number of ether oxygens (including phenoxy) is 2. The number of fused-ring (bicyclic) bond motifs is 6. The molecule has 4 nitrogen and oxygen atoms in total. The highest BCUT2D eigenvalue weighted by Crippen LogP contribution is 2.45. The maximum atomic E-state index is 12.9. The van der Waals surface area contributed by atoms with Crippen molar-refractivity contribution in [1.82, 2.24) is 4.98 Å². The van der Waals surface area contributed by atoms with Gasteiger partial charge in [0.25, 0.3) is 0 Å². The van der Waals surface area contributed by atoms with Gasteiger partial charge in [-0.05, 0) is 96.8 Å². The van der Waals surface area contributed by atoms with E-state index in [9.17, 15) is 4.79 Å². The van der Waals surface area contributed by atoms with E-state index in [1.165, 1.54) is 32.7 Å². The number of rotatable bonds is 3. The number of hydrogen-bond donors (Lipinski definition) is 0. The topological polar surface area (TPSA) is 48.4 Å². The van der Waals surface area contributed by atoms with Crippen molar-refractivity contribution in [2.45, 2.75) is 64.4 Å². The Morgan fingerprint density at radius 3 is 2.38 bits per heavy atom. The lowest BCUT2D eigenvalue weighted by Gasteiger charge is -2.33. The third-order valence-electron chi connectivity index (χ3n) is 7.59. The van der Waals surface area contributed by atoms with Gasteiger partial charge < -0.3 is 9.47 Å². The number of nitrogens with zero attached hydrogens (tertiary/aromatic N) is 1. The number of methoxy groups -OCH3 is 1. The van der Waals surface area contributed by atoms with Gasteiger partial charge >= 0.3 is 5.97 Å². The van der Waals surface area contributed by atoms with Crippen LogP contribution < -0.4 is 4.74 Å². The van der Waals surface area contributed by atoms with Crippen molar-refractivity contribution in [2.24, 2.45) is 0 Å². The highest BCUT2D eigenvalue weighted by molar-refractivity contribution is 6.09. The van der Waals surface area contributed by atoms with Crippen LogP contribution in [-0.4, -0.2) is 23.7 Å².